The maximum Gasteiger partial charge on any atom is 0.224 e. The zero-order valence-corrected chi connectivity index (χ0v) is 14.8. The Balaban J connectivity index is 1.61. The molecule has 6 heteroatoms. The third-order valence-electron chi connectivity index (χ3n) is 5.30. The molecule has 0 unspecified atom stereocenters. The molecule has 24 heavy (non-hydrogen) atoms. The monoisotopic (exact) mass is 332 g/mol. The van der Waals surface area contributed by atoms with Crippen molar-refractivity contribution in [3.63, 3.8) is 0 Å². The van der Waals surface area contributed by atoms with Gasteiger partial charge in [-0.15, -0.1) is 0 Å². The van der Waals surface area contributed by atoms with Crippen molar-refractivity contribution in [2.75, 3.05) is 13.1 Å². The molecule has 0 aliphatic carbocycles. The van der Waals surface area contributed by atoms with Gasteiger partial charge in [0, 0.05) is 38.7 Å². The van der Waals surface area contributed by atoms with Gasteiger partial charge < -0.3 is 9.80 Å². The Morgan fingerprint density at radius 2 is 1.88 bits per heavy atom. The number of hydrogen-bond donors (Lipinski definition) is 0. The molecule has 2 fully saturated rings. The zero-order chi connectivity index (χ0) is 17.1. The minimum Gasteiger partial charge on any atom is -0.339 e. The minimum atomic E-state index is 0.0805. The Labute approximate surface area is 143 Å². The normalized spacial score (nSPS) is 24.4. The van der Waals surface area contributed by atoms with E-state index in [2.05, 4.69) is 5.10 Å². The van der Waals surface area contributed by atoms with Crippen LogP contribution in [0.5, 0.6) is 0 Å². The van der Waals surface area contributed by atoms with Gasteiger partial charge in [-0.2, -0.15) is 5.10 Å². The number of carbonyl (C=O) groups is 2. The highest BCUT2D eigenvalue weighted by Crippen LogP contribution is 2.24. The highest BCUT2D eigenvalue weighted by Gasteiger charge is 2.33. The second kappa shape index (κ2) is 7.36. The Hall–Kier alpha value is -1.85. The van der Waals surface area contributed by atoms with E-state index in [1.165, 1.54) is 0 Å². The van der Waals surface area contributed by atoms with Crippen LogP contribution in [-0.2, 0) is 16.1 Å². The number of carbonyl (C=O) groups excluding carboxylic acids is 2. The average molecular weight is 332 g/mol. The van der Waals surface area contributed by atoms with E-state index < -0.39 is 0 Å². The van der Waals surface area contributed by atoms with E-state index in [-0.39, 0.29) is 23.9 Å². The maximum absolute atomic E-state index is 12.8. The predicted molar refractivity (Wildman–Crippen MR) is 91.3 cm³/mol. The molecule has 0 aromatic carbocycles. The molecule has 1 aromatic heterocycles. The van der Waals surface area contributed by atoms with Crippen LogP contribution in [0.4, 0.5) is 0 Å². The topological polar surface area (TPSA) is 58.4 Å². The SMILES string of the molecule is CC(=O)N1CCCC[C@H]1CC(=O)N1CCC[C@@H]1Cn1cc(C)cn1. The van der Waals surface area contributed by atoms with E-state index in [1.54, 1.807) is 6.92 Å². The standard InChI is InChI=1S/C18H28N4O2/c1-14-11-19-20(12-14)13-17-7-5-9-22(17)18(24)10-16-6-3-4-8-21(16)15(2)23/h11-12,16-17H,3-10,13H2,1-2H3/t16-,17+/m0/s1. The van der Waals surface area contributed by atoms with E-state index in [0.29, 0.717) is 6.42 Å². The lowest BCUT2D eigenvalue weighted by Crippen LogP contribution is -2.47. The van der Waals surface area contributed by atoms with Crippen molar-refractivity contribution in [2.45, 2.75) is 71.0 Å². The molecule has 2 atom stereocenters. The van der Waals surface area contributed by atoms with Gasteiger partial charge in [0.2, 0.25) is 11.8 Å². The van der Waals surface area contributed by atoms with Crippen LogP contribution in [0, 0.1) is 6.92 Å². The molecule has 0 bridgehead atoms. The smallest absolute Gasteiger partial charge is 0.224 e. The first-order valence-electron chi connectivity index (χ1n) is 9.10. The fraction of sp³-hybridized carbons (Fsp3) is 0.722. The van der Waals surface area contributed by atoms with Gasteiger partial charge in [0.25, 0.3) is 0 Å². The second-order valence-electron chi connectivity index (χ2n) is 7.19. The molecule has 2 aliphatic heterocycles. The summed E-state index contributed by atoms with van der Waals surface area (Å²) < 4.78 is 1.94. The van der Waals surface area contributed by atoms with Crippen molar-refractivity contribution in [2.24, 2.45) is 0 Å². The summed E-state index contributed by atoms with van der Waals surface area (Å²) in [6, 6.07) is 0.308. The van der Waals surface area contributed by atoms with Crippen molar-refractivity contribution >= 4 is 11.8 Å². The fourth-order valence-electron chi connectivity index (χ4n) is 4.08. The van der Waals surface area contributed by atoms with E-state index in [0.717, 1.165) is 57.3 Å². The third-order valence-corrected chi connectivity index (χ3v) is 5.30. The molecule has 2 saturated heterocycles. The first kappa shape index (κ1) is 17.0. The molecular weight excluding hydrogens is 304 g/mol. The fourth-order valence-corrected chi connectivity index (χ4v) is 4.08. The summed E-state index contributed by atoms with van der Waals surface area (Å²) in [5, 5.41) is 4.35. The molecule has 0 radical (unpaired) electrons. The van der Waals surface area contributed by atoms with E-state index >= 15 is 0 Å². The largest absolute Gasteiger partial charge is 0.339 e. The van der Waals surface area contributed by atoms with Crippen LogP contribution in [0.2, 0.25) is 0 Å². The number of rotatable bonds is 4. The van der Waals surface area contributed by atoms with Gasteiger partial charge in [-0.25, -0.2) is 0 Å². The van der Waals surface area contributed by atoms with Crippen molar-refractivity contribution < 1.29 is 9.59 Å². The number of aromatic nitrogens is 2. The number of likely N-dealkylation sites (tertiary alicyclic amines) is 2. The quantitative estimate of drug-likeness (QED) is 0.847. The van der Waals surface area contributed by atoms with Gasteiger partial charge in [0.15, 0.2) is 0 Å². The van der Waals surface area contributed by atoms with Gasteiger partial charge in [-0.1, -0.05) is 0 Å². The van der Waals surface area contributed by atoms with Crippen molar-refractivity contribution in [3.8, 4) is 0 Å². The summed E-state index contributed by atoms with van der Waals surface area (Å²) in [7, 11) is 0. The van der Waals surface area contributed by atoms with E-state index in [4.69, 9.17) is 0 Å². The first-order valence-corrected chi connectivity index (χ1v) is 9.10. The molecule has 6 nitrogen and oxygen atoms in total. The van der Waals surface area contributed by atoms with Gasteiger partial charge in [0.05, 0.1) is 18.8 Å². The van der Waals surface area contributed by atoms with Crippen molar-refractivity contribution in [1.29, 1.82) is 0 Å². The van der Waals surface area contributed by atoms with E-state index in [1.807, 2.05) is 33.8 Å². The number of aryl methyl sites for hydroxylation is 1. The number of nitrogens with zero attached hydrogens (tertiary/aromatic N) is 4. The molecule has 3 rings (SSSR count). The predicted octanol–water partition coefficient (Wildman–Crippen LogP) is 1.97. The van der Waals surface area contributed by atoms with Crippen LogP contribution in [0.1, 0.15) is 51.0 Å². The lowest BCUT2D eigenvalue weighted by Gasteiger charge is -2.36. The first-order chi connectivity index (χ1) is 11.5. The number of amides is 2. The third kappa shape index (κ3) is 3.79. The summed E-state index contributed by atoms with van der Waals surface area (Å²) in [6.45, 7) is 6.03. The summed E-state index contributed by atoms with van der Waals surface area (Å²) in [4.78, 5) is 28.6. The Morgan fingerprint density at radius 1 is 1.12 bits per heavy atom. The van der Waals surface area contributed by atoms with Gasteiger partial charge in [-0.05, 0) is 44.6 Å². The molecule has 132 valence electrons. The van der Waals surface area contributed by atoms with Crippen molar-refractivity contribution in [3.05, 3.63) is 18.0 Å². The Bertz CT molecular complexity index is 598. The summed E-state index contributed by atoms with van der Waals surface area (Å²) in [6.07, 6.45) is 9.54. The molecule has 2 amide bonds. The van der Waals surface area contributed by atoms with E-state index in [9.17, 15) is 9.59 Å². The molecule has 3 heterocycles. The molecule has 1 aromatic rings. The maximum atomic E-state index is 12.8. The molecule has 0 spiro atoms. The van der Waals surface area contributed by atoms with Crippen molar-refractivity contribution in [1.82, 2.24) is 19.6 Å². The molecule has 0 N–H and O–H groups in total. The van der Waals surface area contributed by atoms with Gasteiger partial charge in [0.1, 0.15) is 0 Å². The summed E-state index contributed by atoms with van der Waals surface area (Å²) >= 11 is 0. The highest BCUT2D eigenvalue weighted by molar-refractivity contribution is 5.79. The second-order valence-corrected chi connectivity index (χ2v) is 7.19. The Kier molecular flexibility index (Phi) is 5.21. The van der Waals surface area contributed by atoms with Crippen LogP contribution >= 0.6 is 0 Å². The number of piperidine rings is 1. The summed E-state index contributed by atoms with van der Waals surface area (Å²) in [5.74, 6) is 0.289. The number of hydrogen-bond acceptors (Lipinski definition) is 3. The molecular formula is C18H28N4O2. The van der Waals surface area contributed by atoms with Crippen LogP contribution < -0.4 is 0 Å². The van der Waals surface area contributed by atoms with Crippen LogP contribution in [0.15, 0.2) is 12.4 Å². The van der Waals surface area contributed by atoms with Crippen LogP contribution in [0.3, 0.4) is 0 Å². The van der Waals surface area contributed by atoms with Crippen LogP contribution in [-0.4, -0.2) is 56.6 Å². The van der Waals surface area contributed by atoms with Gasteiger partial charge in [-0.3, -0.25) is 14.3 Å². The molecule has 2 aliphatic rings. The lowest BCUT2D eigenvalue weighted by atomic mass is 9.98. The highest BCUT2D eigenvalue weighted by atomic mass is 16.2. The van der Waals surface area contributed by atoms with Crippen LogP contribution in [0.25, 0.3) is 0 Å². The summed E-state index contributed by atoms with van der Waals surface area (Å²) in [5.41, 5.74) is 1.14. The Morgan fingerprint density at radius 3 is 2.58 bits per heavy atom. The van der Waals surface area contributed by atoms with Gasteiger partial charge >= 0.3 is 0 Å². The average Bonchev–Trinajstić information content (AvgIpc) is 3.17. The lowest BCUT2D eigenvalue weighted by molar-refractivity contribution is -0.137. The minimum absolute atomic E-state index is 0.0805. The zero-order valence-electron chi connectivity index (χ0n) is 14.8. The molecule has 0 saturated carbocycles.